The maximum Gasteiger partial charge on any atom is 0.243 e. The quantitative estimate of drug-likeness (QED) is 0.823. The molecule has 0 spiro atoms. The van der Waals surface area contributed by atoms with Crippen LogP contribution in [0.15, 0.2) is 4.52 Å². The summed E-state index contributed by atoms with van der Waals surface area (Å²) in [6, 6.07) is -0.112. The molecular formula is C12H21N3O2. The molecule has 2 N–H and O–H groups in total. The second-order valence-corrected chi connectivity index (χ2v) is 4.72. The zero-order chi connectivity index (χ0) is 12.5. The van der Waals surface area contributed by atoms with Crippen molar-refractivity contribution in [3.05, 3.63) is 11.7 Å². The average Bonchev–Trinajstić information content (AvgIpc) is 3.10. The summed E-state index contributed by atoms with van der Waals surface area (Å²) >= 11 is 0. The molecule has 5 heteroatoms. The topological polar surface area (TPSA) is 74.2 Å². The lowest BCUT2D eigenvalue weighted by Gasteiger charge is -2.25. The molecule has 1 fully saturated rings. The number of hydrogen-bond donors (Lipinski definition) is 1. The summed E-state index contributed by atoms with van der Waals surface area (Å²) < 4.78 is 10.8. The first kappa shape index (κ1) is 12.5. The van der Waals surface area contributed by atoms with E-state index in [-0.39, 0.29) is 6.04 Å². The summed E-state index contributed by atoms with van der Waals surface area (Å²) in [5.41, 5.74) is 5.60. The molecule has 1 atom stereocenters. The summed E-state index contributed by atoms with van der Waals surface area (Å²) in [5, 5.41) is 4.04. The van der Waals surface area contributed by atoms with E-state index in [1.54, 1.807) is 7.11 Å². The lowest BCUT2D eigenvalue weighted by molar-refractivity contribution is -0.0306. The van der Waals surface area contributed by atoms with Crippen molar-refractivity contribution >= 4 is 0 Å². The van der Waals surface area contributed by atoms with Gasteiger partial charge in [0.05, 0.1) is 6.04 Å². The van der Waals surface area contributed by atoms with Crippen LogP contribution < -0.4 is 5.73 Å². The maximum absolute atomic E-state index is 6.04. The van der Waals surface area contributed by atoms with E-state index < -0.39 is 5.60 Å². The molecule has 17 heavy (non-hydrogen) atoms. The third-order valence-corrected chi connectivity index (χ3v) is 3.80. The molecule has 1 aliphatic rings. The average molecular weight is 239 g/mol. The van der Waals surface area contributed by atoms with E-state index in [9.17, 15) is 0 Å². The molecule has 1 heterocycles. The van der Waals surface area contributed by atoms with Gasteiger partial charge in [-0.05, 0) is 31.6 Å². The molecule has 1 aliphatic carbocycles. The Balaban J connectivity index is 2.21. The van der Waals surface area contributed by atoms with Crippen molar-refractivity contribution in [1.29, 1.82) is 0 Å². The first-order valence-corrected chi connectivity index (χ1v) is 6.31. The molecule has 0 aromatic carbocycles. The summed E-state index contributed by atoms with van der Waals surface area (Å²) in [5.74, 6) is 1.69. The molecule has 1 aromatic rings. The predicted molar refractivity (Wildman–Crippen MR) is 63.2 cm³/mol. The number of ether oxygens (including phenoxy) is 1. The normalized spacial score (nSPS) is 18.4. The Morgan fingerprint density at radius 3 is 2.59 bits per heavy atom. The molecule has 1 aromatic heterocycles. The molecule has 5 nitrogen and oxygen atoms in total. The predicted octanol–water partition coefficient (Wildman–Crippen LogP) is 2.14. The van der Waals surface area contributed by atoms with Crippen molar-refractivity contribution in [2.75, 3.05) is 7.11 Å². The first-order valence-electron chi connectivity index (χ1n) is 6.31. The van der Waals surface area contributed by atoms with E-state index in [0.29, 0.717) is 17.6 Å². The second kappa shape index (κ2) is 4.74. The van der Waals surface area contributed by atoms with Gasteiger partial charge < -0.3 is 15.0 Å². The minimum absolute atomic E-state index is 0.112. The van der Waals surface area contributed by atoms with Crippen LogP contribution in [0.4, 0.5) is 0 Å². The van der Waals surface area contributed by atoms with E-state index >= 15 is 0 Å². The number of nitrogens with two attached hydrogens (primary N) is 1. The van der Waals surface area contributed by atoms with Gasteiger partial charge in [-0.2, -0.15) is 4.98 Å². The minimum atomic E-state index is -0.439. The Hall–Kier alpha value is -0.940. The van der Waals surface area contributed by atoms with E-state index in [1.165, 1.54) is 0 Å². The van der Waals surface area contributed by atoms with Crippen LogP contribution in [-0.4, -0.2) is 17.3 Å². The van der Waals surface area contributed by atoms with Crippen molar-refractivity contribution in [1.82, 2.24) is 10.1 Å². The van der Waals surface area contributed by atoms with Crippen LogP contribution >= 0.6 is 0 Å². The van der Waals surface area contributed by atoms with Crippen LogP contribution in [0.3, 0.4) is 0 Å². The van der Waals surface area contributed by atoms with Crippen LogP contribution in [0.1, 0.15) is 57.3 Å². The van der Waals surface area contributed by atoms with Crippen molar-refractivity contribution < 1.29 is 9.26 Å². The van der Waals surface area contributed by atoms with Gasteiger partial charge in [0, 0.05) is 7.11 Å². The highest BCUT2D eigenvalue weighted by molar-refractivity contribution is 5.04. The number of hydrogen-bond acceptors (Lipinski definition) is 5. The Bertz CT molecular complexity index is 361. The Morgan fingerprint density at radius 2 is 2.12 bits per heavy atom. The van der Waals surface area contributed by atoms with Crippen molar-refractivity contribution in [2.45, 2.75) is 51.2 Å². The second-order valence-electron chi connectivity index (χ2n) is 4.72. The van der Waals surface area contributed by atoms with E-state index in [2.05, 4.69) is 24.0 Å². The van der Waals surface area contributed by atoms with Gasteiger partial charge in [0.15, 0.2) is 0 Å². The molecule has 96 valence electrons. The summed E-state index contributed by atoms with van der Waals surface area (Å²) in [7, 11) is 1.68. The number of aromatic nitrogens is 2. The summed E-state index contributed by atoms with van der Waals surface area (Å²) in [6.07, 6.45) is 3.96. The SMILES string of the molecule is CCC(CC)(OC)c1noc(C(N)C2CC2)n1. The fourth-order valence-electron chi connectivity index (χ4n) is 2.16. The molecule has 1 unspecified atom stereocenters. The lowest BCUT2D eigenvalue weighted by Crippen LogP contribution is -2.28. The number of nitrogens with zero attached hydrogens (tertiary/aromatic N) is 2. The minimum Gasteiger partial charge on any atom is -0.370 e. The fourth-order valence-corrected chi connectivity index (χ4v) is 2.16. The molecule has 0 aliphatic heterocycles. The molecule has 0 bridgehead atoms. The lowest BCUT2D eigenvalue weighted by atomic mass is 9.96. The van der Waals surface area contributed by atoms with Crippen LogP contribution in [-0.2, 0) is 10.3 Å². The smallest absolute Gasteiger partial charge is 0.243 e. The largest absolute Gasteiger partial charge is 0.370 e. The highest BCUT2D eigenvalue weighted by Gasteiger charge is 2.37. The molecule has 0 amide bonds. The van der Waals surface area contributed by atoms with Gasteiger partial charge in [-0.3, -0.25) is 0 Å². The highest BCUT2D eigenvalue weighted by atomic mass is 16.5. The van der Waals surface area contributed by atoms with E-state index in [4.69, 9.17) is 15.0 Å². The molecular weight excluding hydrogens is 218 g/mol. The summed E-state index contributed by atoms with van der Waals surface area (Å²) in [6.45, 7) is 4.12. The Kier molecular flexibility index (Phi) is 3.49. The van der Waals surface area contributed by atoms with E-state index in [1.807, 2.05) is 0 Å². The van der Waals surface area contributed by atoms with Gasteiger partial charge in [-0.25, -0.2) is 0 Å². The molecule has 0 radical (unpaired) electrons. The van der Waals surface area contributed by atoms with Crippen molar-refractivity contribution in [2.24, 2.45) is 11.7 Å². The van der Waals surface area contributed by atoms with Gasteiger partial charge in [-0.15, -0.1) is 0 Å². The molecule has 0 saturated heterocycles. The van der Waals surface area contributed by atoms with Crippen LogP contribution in [0.2, 0.25) is 0 Å². The standard InChI is InChI=1S/C12H21N3O2/c1-4-12(5-2,16-3)11-14-10(17-15-11)9(13)8-6-7-8/h8-9H,4-7,13H2,1-3H3. The van der Waals surface area contributed by atoms with Gasteiger partial charge in [-0.1, -0.05) is 19.0 Å². The number of rotatable bonds is 6. The molecule has 2 rings (SSSR count). The molecule has 1 saturated carbocycles. The number of methoxy groups -OCH3 is 1. The first-order chi connectivity index (χ1) is 8.16. The monoisotopic (exact) mass is 239 g/mol. The Morgan fingerprint density at radius 1 is 1.47 bits per heavy atom. The fraction of sp³-hybridized carbons (Fsp3) is 0.833. The third-order valence-electron chi connectivity index (χ3n) is 3.80. The van der Waals surface area contributed by atoms with Crippen LogP contribution in [0.5, 0.6) is 0 Å². The van der Waals surface area contributed by atoms with Crippen LogP contribution in [0.25, 0.3) is 0 Å². The third kappa shape index (κ3) is 2.21. The van der Waals surface area contributed by atoms with Crippen LogP contribution in [0, 0.1) is 5.92 Å². The Labute approximate surface area is 102 Å². The van der Waals surface area contributed by atoms with Gasteiger partial charge in [0.25, 0.3) is 0 Å². The zero-order valence-electron chi connectivity index (χ0n) is 10.8. The zero-order valence-corrected chi connectivity index (χ0v) is 10.8. The van der Waals surface area contributed by atoms with E-state index in [0.717, 1.165) is 25.7 Å². The maximum atomic E-state index is 6.04. The van der Waals surface area contributed by atoms with Crippen molar-refractivity contribution in [3.63, 3.8) is 0 Å². The summed E-state index contributed by atoms with van der Waals surface area (Å²) in [4.78, 5) is 4.43. The van der Waals surface area contributed by atoms with Gasteiger partial charge in [0.2, 0.25) is 11.7 Å². The van der Waals surface area contributed by atoms with Gasteiger partial charge in [0.1, 0.15) is 5.60 Å². The highest BCUT2D eigenvalue weighted by Crippen LogP contribution is 2.39. The van der Waals surface area contributed by atoms with Gasteiger partial charge >= 0.3 is 0 Å². The van der Waals surface area contributed by atoms with Crippen molar-refractivity contribution in [3.8, 4) is 0 Å².